The van der Waals surface area contributed by atoms with Crippen LogP contribution in [-0.2, 0) is 14.8 Å². The average molecular weight is 391 g/mol. The van der Waals surface area contributed by atoms with Crippen LogP contribution < -0.4 is 14.4 Å². The van der Waals surface area contributed by atoms with Crippen molar-refractivity contribution in [1.82, 2.24) is 0 Å². The SMILES string of the molecule is Cc1ccc(N([C@@H](C)C(=O)Nc2cccc(OC(C)C)c2)S(C)(=O)=O)cc1. The monoisotopic (exact) mass is 390 g/mol. The van der Waals surface area contributed by atoms with Crippen molar-refractivity contribution in [2.75, 3.05) is 15.9 Å². The molecular formula is C20H26N2O4S. The number of aryl methyl sites for hydroxylation is 1. The zero-order chi connectivity index (χ0) is 20.2. The second-order valence-electron chi connectivity index (χ2n) is 6.75. The van der Waals surface area contributed by atoms with Crippen LogP contribution in [-0.4, -0.2) is 32.7 Å². The Hall–Kier alpha value is -2.54. The van der Waals surface area contributed by atoms with Crippen molar-refractivity contribution in [3.05, 3.63) is 54.1 Å². The fraction of sp³-hybridized carbons (Fsp3) is 0.350. The van der Waals surface area contributed by atoms with Crippen LogP contribution in [0.5, 0.6) is 5.75 Å². The van der Waals surface area contributed by atoms with E-state index in [-0.39, 0.29) is 6.10 Å². The average Bonchev–Trinajstić information content (AvgIpc) is 2.55. The highest BCUT2D eigenvalue weighted by atomic mass is 32.2. The Morgan fingerprint density at radius 1 is 1.07 bits per heavy atom. The van der Waals surface area contributed by atoms with E-state index < -0.39 is 22.0 Å². The Morgan fingerprint density at radius 2 is 1.70 bits per heavy atom. The maximum atomic E-state index is 12.7. The third kappa shape index (κ3) is 5.72. The predicted molar refractivity (Wildman–Crippen MR) is 109 cm³/mol. The lowest BCUT2D eigenvalue weighted by atomic mass is 10.2. The van der Waals surface area contributed by atoms with Crippen LogP contribution in [0.2, 0.25) is 0 Å². The Balaban J connectivity index is 2.24. The molecule has 2 rings (SSSR count). The molecule has 0 heterocycles. The van der Waals surface area contributed by atoms with Gasteiger partial charge in [-0.2, -0.15) is 0 Å². The zero-order valence-electron chi connectivity index (χ0n) is 16.3. The summed E-state index contributed by atoms with van der Waals surface area (Å²) in [5, 5.41) is 2.76. The van der Waals surface area contributed by atoms with E-state index in [9.17, 15) is 13.2 Å². The highest BCUT2D eigenvalue weighted by Gasteiger charge is 2.29. The number of amides is 1. The van der Waals surface area contributed by atoms with Crippen LogP contribution in [0.15, 0.2) is 48.5 Å². The molecule has 0 aliphatic rings. The van der Waals surface area contributed by atoms with Crippen molar-refractivity contribution in [1.29, 1.82) is 0 Å². The highest BCUT2D eigenvalue weighted by molar-refractivity contribution is 7.92. The van der Waals surface area contributed by atoms with E-state index in [1.807, 2.05) is 32.9 Å². The molecule has 0 saturated heterocycles. The van der Waals surface area contributed by atoms with Crippen molar-refractivity contribution < 1.29 is 17.9 Å². The van der Waals surface area contributed by atoms with Gasteiger partial charge in [-0.15, -0.1) is 0 Å². The van der Waals surface area contributed by atoms with E-state index in [4.69, 9.17) is 4.74 Å². The van der Waals surface area contributed by atoms with E-state index in [1.54, 1.807) is 43.3 Å². The lowest BCUT2D eigenvalue weighted by Gasteiger charge is -2.28. The molecule has 0 fully saturated rings. The molecule has 0 radical (unpaired) electrons. The number of sulfonamides is 1. The van der Waals surface area contributed by atoms with Crippen LogP contribution in [0, 0.1) is 6.92 Å². The van der Waals surface area contributed by atoms with Gasteiger partial charge in [-0.25, -0.2) is 8.42 Å². The Kier molecular flexibility index (Phi) is 6.49. The maximum absolute atomic E-state index is 12.7. The van der Waals surface area contributed by atoms with Gasteiger partial charge in [-0.1, -0.05) is 23.8 Å². The number of hydrogen-bond acceptors (Lipinski definition) is 4. The summed E-state index contributed by atoms with van der Waals surface area (Å²) in [4.78, 5) is 12.7. The summed E-state index contributed by atoms with van der Waals surface area (Å²) in [6.07, 6.45) is 1.10. The molecule has 0 unspecified atom stereocenters. The van der Waals surface area contributed by atoms with Gasteiger partial charge in [0, 0.05) is 11.8 Å². The van der Waals surface area contributed by atoms with E-state index in [0.29, 0.717) is 17.1 Å². The first-order chi connectivity index (χ1) is 12.6. The molecule has 7 heteroatoms. The summed E-state index contributed by atoms with van der Waals surface area (Å²) >= 11 is 0. The molecule has 0 saturated carbocycles. The minimum atomic E-state index is -3.64. The van der Waals surface area contributed by atoms with Gasteiger partial charge in [0.05, 0.1) is 18.0 Å². The van der Waals surface area contributed by atoms with Crippen molar-refractivity contribution in [3.63, 3.8) is 0 Å². The first-order valence-electron chi connectivity index (χ1n) is 8.71. The Morgan fingerprint density at radius 3 is 2.26 bits per heavy atom. The van der Waals surface area contributed by atoms with E-state index >= 15 is 0 Å². The maximum Gasteiger partial charge on any atom is 0.247 e. The molecule has 0 spiro atoms. The first kappa shape index (κ1) is 20.8. The number of ether oxygens (including phenoxy) is 1. The van der Waals surface area contributed by atoms with Gasteiger partial charge >= 0.3 is 0 Å². The molecule has 1 atom stereocenters. The van der Waals surface area contributed by atoms with Gasteiger partial charge in [0.1, 0.15) is 11.8 Å². The van der Waals surface area contributed by atoms with Crippen LogP contribution in [0.4, 0.5) is 11.4 Å². The molecule has 0 aliphatic heterocycles. The van der Waals surface area contributed by atoms with Crippen molar-refractivity contribution in [2.45, 2.75) is 39.8 Å². The summed E-state index contributed by atoms with van der Waals surface area (Å²) in [5.41, 5.74) is 2.00. The number of carbonyl (C=O) groups excluding carboxylic acids is 1. The summed E-state index contributed by atoms with van der Waals surface area (Å²) in [5.74, 6) is 0.205. The Labute approximate surface area is 161 Å². The number of anilines is 2. The summed E-state index contributed by atoms with van der Waals surface area (Å²) in [6, 6.07) is 13.1. The van der Waals surface area contributed by atoms with Gasteiger partial charge in [-0.3, -0.25) is 9.10 Å². The van der Waals surface area contributed by atoms with Crippen LogP contribution in [0.3, 0.4) is 0 Å². The van der Waals surface area contributed by atoms with E-state index in [1.165, 1.54) is 0 Å². The summed E-state index contributed by atoms with van der Waals surface area (Å²) < 4.78 is 31.4. The largest absolute Gasteiger partial charge is 0.491 e. The topological polar surface area (TPSA) is 75.7 Å². The molecule has 0 aromatic heterocycles. The minimum absolute atomic E-state index is 0.0112. The second-order valence-corrected chi connectivity index (χ2v) is 8.61. The Bertz CT molecular complexity index is 892. The normalized spacial score (nSPS) is 12.5. The number of benzene rings is 2. The van der Waals surface area contributed by atoms with Crippen molar-refractivity contribution >= 4 is 27.3 Å². The van der Waals surface area contributed by atoms with E-state index in [0.717, 1.165) is 16.1 Å². The van der Waals surface area contributed by atoms with Crippen molar-refractivity contribution in [3.8, 4) is 5.75 Å². The number of nitrogens with one attached hydrogen (secondary N) is 1. The lowest BCUT2D eigenvalue weighted by Crippen LogP contribution is -2.45. The fourth-order valence-electron chi connectivity index (χ4n) is 2.67. The van der Waals surface area contributed by atoms with Gasteiger partial charge in [0.15, 0.2) is 0 Å². The smallest absolute Gasteiger partial charge is 0.247 e. The van der Waals surface area contributed by atoms with Gasteiger partial charge in [0.2, 0.25) is 15.9 Å². The molecular weight excluding hydrogens is 364 g/mol. The third-order valence-electron chi connectivity index (χ3n) is 3.85. The quantitative estimate of drug-likeness (QED) is 0.784. The van der Waals surface area contributed by atoms with Crippen molar-refractivity contribution in [2.24, 2.45) is 0 Å². The van der Waals surface area contributed by atoms with Gasteiger partial charge < -0.3 is 10.1 Å². The molecule has 6 nitrogen and oxygen atoms in total. The number of carbonyl (C=O) groups is 1. The molecule has 146 valence electrons. The minimum Gasteiger partial charge on any atom is -0.491 e. The number of rotatable bonds is 7. The number of hydrogen-bond donors (Lipinski definition) is 1. The summed E-state index contributed by atoms with van der Waals surface area (Å²) in [6.45, 7) is 7.30. The fourth-order valence-corrected chi connectivity index (χ4v) is 3.84. The molecule has 1 N–H and O–H groups in total. The molecule has 1 amide bonds. The molecule has 0 aliphatic carbocycles. The highest BCUT2D eigenvalue weighted by Crippen LogP contribution is 2.23. The number of nitrogens with zero attached hydrogens (tertiary/aromatic N) is 1. The molecule has 2 aromatic rings. The molecule has 27 heavy (non-hydrogen) atoms. The zero-order valence-corrected chi connectivity index (χ0v) is 17.1. The summed E-state index contributed by atoms with van der Waals surface area (Å²) in [7, 11) is -3.64. The van der Waals surface area contributed by atoms with Crippen LogP contribution in [0.25, 0.3) is 0 Å². The standard InChI is InChI=1S/C20H26N2O4S/c1-14(2)26-19-8-6-7-17(13-19)21-20(23)16(4)22(27(5,24)25)18-11-9-15(3)10-12-18/h6-14,16H,1-5H3,(H,21,23)/t16-/m0/s1. The van der Waals surface area contributed by atoms with E-state index in [2.05, 4.69) is 5.32 Å². The molecule has 2 aromatic carbocycles. The molecule has 0 bridgehead atoms. The second kappa shape index (κ2) is 8.43. The van der Waals surface area contributed by atoms with Crippen LogP contribution in [0.1, 0.15) is 26.3 Å². The van der Waals surface area contributed by atoms with Gasteiger partial charge in [-0.05, 0) is 52.0 Å². The predicted octanol–water partition coefficient (Wildman–Crippen LogP) is 3.58. The third-order valence-corrected chi connectivity index (χ3v) is 5.09. The lowest BCUT2D eigenvalue weighted by molar-refractivity contribution is -0.116. The van der Waals surface area contributed by atoms with Gasteiger partial charge in [0.25, 0.3) is 0 Å². The van der Waals surface area contributed by atoms with Crippen LogP contribution >= 0.6 is 0 Å². The first-order valence-corrected chi connectivity index (χ1v) is 10.6.